The minimum absolute atomic E-state index is 0.0393. The first-order valence-corrected chi connectivity index (χ1v) is 10.1. The van der Waals surface area contributed by atoms with Gasteiger partial charge in [-0.25, -0.2) is 0 Å². The lowest BCUT2D eigenvalue weighted by Crippen LogP contribution is -2.37. The summed E-state index contributed by atoms with van der Waals surface area (Å²) < 4.78 is 6.42. The third-order valence-corrected chi connectivity index (χ3v) is 5.46. The summed E-state index contributed by atoms with van der Waals surface area (Å²) in [5.41, 5.74) is 1.77. The molecule has 1 N–H and O–H groups in total. The lowest BCUT2D eigenvalue weighted by Gasteiger charge is -2.30. The van der Waals surface area contributed by atoms with Gasteiger partial charge in [0.05, 0.1) is 6.54 Å². The van der Waals surface area contributed by atoms with E-state index in [0.29, 0.717) is 18.3 Å². The molecule has 0 unspecified atom stereocenters. The Balaban J connectivity index is 1.29. The van der Waals surface area contributed by atoms with Crippen molar-refractivity contribution in [1.29, 1.82) is 0 Å². The van der Waals surface area contributed by atoms with E-state index in [1.165, 1.54) is 0 Å². The highest BCUT2D eigenvalue weighted by atomic mass is 79.9. The summed E-state index contributed by atoms with van der Waals surface area (Å²) in [6.07, 6.45) is 1.65. The van der Waals surface area contributed by atoms with Crippen LogP contribution >= 0.6 is 15.9 Å². The number of aromatic nitrogens is 2. The molecule has 0 atom stereocenters. The summed E-state index contributed by atoms with van der Waals surface area (Å²) in [4.78, 5) is 19.2. The van der Waals surface area contributed by atoms with E-state index in [1.807, 2.05) is 54.6 Å². The number of carbonyl (C=O) groups excluding carboxylic acids is 1. The van der Waals surface area contributed by atoms with Gasteiger partial charge in [0.25, 0.3) is 0 Å². The predicted molar refractivity (Wildman–Crippen MR) is 111 cm³/mol. The number of nitrogens with zero attached hydrogens (tertiary/aromatic N) is 3. The fourth-order valence-electron chi connectivity index (χ4n) is 3.35. The quantitative estimate of drug-likeness (QED) is 0.638. The van der Waals surface area contributed by atoms with E-state index in [9.17, 15) is 4.79 Å². The number of hydrogen-bond acceptors (Lipinski definition) is 5. The van der Waals surface area contributed by atoms with Crippen LogP contribution in [0.3, 0.4) is 0 Å². The van der Waals surface area contributed by atoms with Crippen LogP contribution < -0.4 is 5.32 Å². The number of rotatable bonds is 5. The van der Waals surface area contributed by atoms with Crippen LogP contribution in [0.4, 0.5) is 5.69 Å². The summed E-state index contributed by atoms with van der Waals surface area (Å²) >= 11 is 3.42. The average Bonchev–Trinajstić information content (AvgIpc) is 3.18. The van der Waals surface area contributed by atoms with Crippen molar-refractivity contribution in [2.24, 2.45) is 5.92 Å². The first kappa shape index (κ1) is 18.8. The number of hydrogen-bond donors (Lipinski definition) is 1. The van der Waals surface area contributed by atoms with Crippen LogP contribution in [-0.2, 0) is 11.3 Å². The summed E-state index contributed by atoms with van der Waals surface area (Å²) in [7, 11) is 0. The van der Waals surface area contributed by atoms with Gasteiger partial charge in [0.15, 0.2) is 0 Å². The molecule has 6 nitrogen and oxygen atoms in total. The number of nitrogens with one attached hydrogen (secondary N) is 1. The average molecular weight is 441 g/mol. The summed E-state index contributed by atoms with van der Waals surface area (Å²) in [6, 6.07) is 17.4. The number of carbonyl (C=O) groups is 1. The molecule has 2 heterocycles. The molecule has 1 aromatic heterocycles. The van der Waals surface area contributed by atoms with Gasteiger partial charge < -0.3 is 9.84 Å². The van der Waals surface area contributed by atoms with Gasteiger partial charge in [-0.05, 0) is 62.3 Å². The molecule has 0 bridgehead atoms. The Morgan fingerprint density at radius 2 is 1.82 bits per heavy atom. The maximum atomic E-state index is 12.4. The van der Waals surface area contributed by atoms with Crippen LogP contribution in [0.2, 0.25) is 0 Å². The highest BCUT2D eigenvalue weighted by molar-refractivity contribution is 9.10. The van der Waals surface area contributed by atoms with Crippen molar-refractivity contribution in [3.63, 3.8) is 0 Å². The second kappa shape index (κ2) is 8.67. The summed E-state index contributed by atoms with van der Waals surface area (Å²) in [5, 5.41) is 7.08. The SMILES string of the molecule is O=C(Nc1ccccc1)C1CCN(Cc2nc(-c3ccc(Br)cc3)no2)CC1. The van der Waals surface area contributed by atoms with Gasteiger partial charge in [-0.1, -0.05) is 39.3 Å². The Morgan fingerprint density at radius 1 is 1.11 bits per heavy atom. The molecule has 1 fully saturated rings. The van der Waals surface area contributed by atoms with Crippen LogP contribution in [0.5, 0.6) is 0 Å². The highest BCUT2D eigenvalue weighted by Crippen LogP contribution is 2.22. The van der Waals surface area contributed by atoms with Crippen LogP contribution in [-0.4, -0.2) is 34.0 Å². The fraction of sp³-hybridized carbons (Fsp3) is 0.286. The van der Waals surface area contributed by atoms with E-state index in [0.717, 1.165) is 41.7 Å². The van der Waals surface area contributed by atoms with E-state index in [4.69, 9.17) is 4.52 Å². The van der Waals surface area contributed by atoms with Crippen molar-refractivity contribution in [1.82, 2.24) is 15.0 Å². The third kappa shape index (κ3) is 4.66. The second-order valence-corrected chi connectivity index (χ2v) is 7.84. The molecule has 28 heavy (non-hydrogen) atoms. The van der Waals surface area contributed by atoms with Crippen LogP contribution in [0.15, 0.2) is 63.6 Å². The smallest absolute Gasteiger partial charge is 0.241 e. The molecule has 0 radical (unpaired) electrons. The van der Waals surface area contributed by atoms with Crippen molar-refractivity contribution in [2.45, 2.75) is 19.4 Å². The van der Waals surface area contributed by atoms with Gasteiger partial charge in [-0.15, -0.1) is 0 Å². The van der Waals surface area contributed by atoms with Crippen molar-refractivity contribution in [2.75, 3.05) is 18.4 Å². The van der Waals surface area contributed by atoms with Crippen LogP contribution in [0.1, 0.15) is 18.7 Å². The standard InChI is InChI=1S/C21H21BrN4O2/c22-17-8-6-15(7-9-17)20-24-19(28-25-20)14-26-12-10-16(11-13-26)21(27)23-18-4-2-1-3-5-18/h1-9,16H,10-14H2,(H,23,27). The van der Waals surface area contributed by atoms with E-state index >= 15 is 0 Å². The van der Waals surface area contributed by atoms with E-state index in [-0.39, 0.29) is 11.8 Å². The van der Waals surface area contributed by atoms with Crippen LogP contribution in [0.25, 0.3) is 11.4 Å². The first-order chi connectivity index (χ1) is 13.7. The Morgan fingerprint density at radius 3 is 2.54 bits per heavy atom. The second-order valence-electron chi connectivity index (χ2n) is 6.92. The van der Waals surface area contributed by atoms with E-state index in [2.05, 4.69) is 36.3 Å². The predicted octanol–water partition coefficient (Wildman–Crippen LogP) is 4.35. The van der Waals surface area contributed by atoms with Gasteiger partial charge in [0.1, 0.15) is 0 Å². The topological polar surface area (TPSA) is 71.3 Å². The molecule has 2 aromatic carbocycles. The first-order valence-electron chi connectivity index (χ1n) is 9.34. The zero-order valence-electron chi connectivity index (χ0n) is 15.3. The molecular weight excluding hydrogens is 420 g/mol. The number of benzene rings is 2. The molecule has 144 valence electrons. The van der Waals surface area contributed by atoms with Crippen molar-refractivity contribution < 1.29 is 9.32 Å². The van der Waals surface area contributed by atoms with Gasteiger partial charge in [0.2, 0.25) is 17.6 Å². The number of amides is 1. The number of halogens is 1. The Hall–Kier alpha value is -2.51. The molecular formula is C21H21BrN4O2. The lowest BCUT2D eigenvalue weighted by atomic mass is 9.96. The summed E-state index contributed by atoms with van der Waals surface area (Å²) in [5.74, 6) is 1.34. The molecule has 3 aromatic rings. The maximum Gasteiger partial charge on any atom is 0.241 e. The zero-order valence-corrected chi connectivity index (χ0v) is 16.9. The Bertz CT molecular complexity index is 919. The molecule has 4 rings (SSSR count). The Kier molecular flexibility index (Phi) is 5.83. The third-order valence-electron chi connectivity index (χ3n) is 4.93. The largest absolute Gasteiger partial charge is 0.338 e. The van der Waals surface area contributed by atoms with Crippen molar-refractivity contribution in [3.8, 4) is 11.4 Å². The monoisotopic (exact) mass is 440 g/mol. The minimum Gasteiger partial charge on any atom is -0.338 e. The van der Waals surface area contributed by atoms with Gasteiger partial charge in [0, 0.05) is 21.6 Å². The number of piperidine rings is 1. The molecule has 0 saturated carbocycles. The number of anilines is 1. The molecule has 1 amide bonds. The highest BCUT2D eigenvalue weighted by Gasteiger charge is 2.26. The van der Waals surface area contributed by atoms with Crippen molar-refractivity contribution in [3.05, 3.63) is 65.0 Å². The summed E-state index contributed by atoms with van der Waals surface area (Å²) in [6.45, 7) is 2.28. The van der Waals surface area contributed by atoms with Gasteiger partial charge >= 0.3 is 0 Å². The number of likely N-dealkylation sites (tertiary alicyclic amines) is 1. The molecule has 1 aliphatic rings. The molecule has 0 aliphatic carbocycles. The Labute approximate surface area is 172 Å². The normalized spacial score (nSPS) is 15.5. The lowest BCUT2D eigenvalue weighted by molar-refractivity contribution is -0.121. The van der Waals surface area contributed by atoms with Gasteiger partial charge in [-0.2, -0.15) is 4.98 Å². The zero-order chi connectivity index (χ0) is 19.3. The molecule has 1 aliphatic heterocycles. The van der Waals surface area contributed by atoms with Crippen molar-refractivity contribution >= 4 is 27.5 Å². The van der Waals surface area contributed by atoms with E-state index in [1.54, 1.807) is 0 Å². The van der Waals surface area contributed by atoms with Gasteiger partial charge in [-0.3, -0.25) is 9.69 Å². The molecule has 1 saturated heterocycles. The molecule has 7 heteroatoms. The molecule has 0 spiro atoms. The minimum atomic E-state index is 0.0393. The number of para-hydroxylation sites is 1. The van der Waals surface area contributed by atoms with Crippen LogP contribution in [0, 0.1) is 5.92 Å². The maximum absolute atomic E-state index is 12.4. The fourth-order valence-corrected chi connectivity index (χ4v) is 3.61. The van der Waals surface area contributed by atoms with E-state index < -0.39 is 0 Å².